The van der Waals surface area contributed by atoms with Crippen molar-refractivity contribution in [2.45, 2.75) is 26.4 Å². The highest BCUT2D eigenvalue weighted by molar-refractivity contribution is 5.92. The molecule has 0 spiro atoms. The minimum atomic E-state index is -0.0180. The molecular weight excluding hydrogens is 228 g/mol. The van der Waals surface area contributed by atoms with E-state index in [1.165, 1.54) is 0 Å². The minimum absolute atomic E-state index is 0.0180. The summed E-state index contributed by atoms with van der Waals surface area (Å²) in [6.07, 6.45) is 1.18. The van der Waals surface area contributed by atoms with Crippen molar-refractivity contribution in [3.05, 3.63) is 24.3 Å². The van der Waals surface area contributed by atoms with Crippen LogP contribution in [0, 0.1) is 0 Å². The average Bonchev–Trinajstić information content (AvgIpc) is 2.30. The monoisotopic (exact) mass is 250 g/mol. The third-order valence-electron chi connectivity index (χ3n) is 2.51. The fraction of sp³-hybridized carbons (Fsp3) is 0.500. The molecule has 18 heavy (non-hydrogen) atoms. The molecule has 1 aromatic rings. The average molecular weight is 250 g/mol. The molecule has 0 aliphatic heterocycles. The Bertz CT molecular complexity index is 374. The van der Waals surface area contributed by atoms with Crippen LogP contribution < -0.4 is 10.1 Å². The molecular formula is C14H22N2O2. The van der Waals surface area contributed by atoms with Gasteiger partial charge >= 0.3 is 0 Å². The van der Waals surface area contributed by atoms with Crippen molar-refractivity contribution in [2.75, 3.05) is 26.0 Å². The topological polar surface area (TPSA) is 41.6 Å². The van der Waals surface area contributed by atoms with Crippen molar-refractivity contribution in [1.29, 1.82) is 0 Å². The number of rotatable bonds is 6. The van der Waals surface area contributed by atoms with Crippen LogP contribution in [0.15, 0.2) is 24.3 Å². The summed E-state index contributed by atoms with van der Waals surface area (Å²) in [7, 11) is 3.73. The van der Waals surface area contributed by atoms with Gasteiger partial charge in [0.2, 0.25) is 5.91 Å². The summed E-state index contributed by atoms with van der Waals surface area (Å²) in [6, 6.07) is 7.45. The van der Waals surface area contributed by atoms with Crippen LogP contribution in [0.3, 0.4) is 0 Å². The molecule has 0 fully saturated rings. The zero-order valence-corrected chi connectivity index (χ0v) is 11.6. The lowest BCUT2D eigenvalue weighted by Crippen LogP contribution is -2.27. The Morgan fingerprint density at radius 3 is 2.44 bits per heavy atom. The van der Waals surface area contributed by atoms with Crippen LogP contribution in [0.25, 0.3) is 0 Å². The number of carbonyl (C=O) groups is 1. The molecule has 0 radical (unpaired) electrons. The number of anilines is 1. The number of nitrogens with zero attached hydrogens (tertiary/aromatic N) is 1. The molecule has 1 aromatic carbocycles. The van der Waals surface area contributed by atoms with E-state index in [0.29, 0.717) is 6.54 Å². The lowest BCUT2D eigenvalue weighted by Gasteiger charge is -2.13. The zero-order chi connectivity index (χ0) is 13.5. The van der Waals surface area contributed by atoms with Crippen molar-refractivity contribution in [3.63, 3.8) is 0 Å². The van der Waals surface area contributed by atoms with E-state index >= 15 is 0 Å². The predicted octanol–water partition coefficient (Wildman–Crippen LogP) is 2.36. The number of amides is 1. The van der Waals surface area contributed by atoms with E-state index in [1.54, 1.807) is 0 Å². The molecule has 100 valence electrons. The third-order valence-corrected chi connectivity index (χ3v) is 2.51. The van der Waals surface area contributed by atoms with Gasteiger partial charge in [0.1, 0.15) is 5.75 Å². The molecule has 1 amide bonds. The maximum Gasteiger partial charge on any atom is 0.238 e. The molecule has 4 heteroatoms. The predicted molar refractivity (Wildman–Crippen MR) is 74.0 cm³/mol. The molecule has 1 rings (SSSR count). The molecule has 0 saturated heterocycles. The highest BCUT2D eigenvalue weighted by Crippen LogP contribution is 2.17. The van der Waals surface area contributed by atoms with Gasteiger partial charge in [0, 0.05) is 5.69 Å². The lowest BCUT2D eigenvalue weighted by atomic mass is 10.2. The van der Waals surface area contributed by atoms with Crippen LogP contribution in [-0.2, 0) is 4.79 Å². The highest BCUT2D eigenvalue weighted by atomic mass is 16.5. The van der Waals surface area contributed by atoms with Crippen molar-refractivity contribution in [3.8, 4) is 5.75 Å². The molecule has 0 saturated carbocycles. The van der Waals surface area contributed by atoms with Gasteiger partial charge in [-0.05, 0) is 51.7 Å². The number of hydrogen-bond donors (Lipinski definition) is 1. The first-order chi connectivity index (χ1) is 8.51. The molecule has 1 N–H and O–H groups in total. The normalized spacial score (nSPS) is 12.3. The van der Waals surface area contributed by atoms with Crippen molar-refractivity contribution in [2.24, 2.45) is 0 Å². The Labute approximate surface area is 109 Å². The molecule has 0 aliphatic rings. The number of nitrogens with one attached hydrogen (secondary N) is 1. The molecule has 0 bridgehead atoms. The summed E-state index contributed by atoms with van der Waals surface area (Å²) in [6.45, 7) is 4.50. The van der Waals surface area contributed by atoms with E-state index in [2.05, 4.69) is 12.2 Å². The van der Waals surface area contributed by atoms with Crippen molar-refractivity contribution in [1.82, 2.24) is 4.90 Å². The zero-order valence-electron chi connectivity index (χ0n) is 11.6. The van der Waals surface area contributed by atoms with Gasteiger partial charge in [-0.15, -0.1) is 0 Å². The standard InChI is InChI=1S/C14H22N2O2/c1-5-11(2)18-13-8-6-12(7-9-13)15-14(17)10-16(3)4/h6-9,11H,5,10H2,1-4H3,(H,15,17). The Balaban J connectivity index is 2.52. The second kappa shape index (κ2) is 7.01. The van der Waals surface area contributed by atoms with Gasteiger partial charge in [-0.1, -0.05) is 6.92 Å². The van der Waals surface area contributed by atoms with Crippen LogP contribution in [0.2, 0.25) is 0 Å². The van der Waals surface area contributed by atoms with Crippen molar-refractivity contribution < 1.29 is 9.53 Å². The number of hydrogen-bond acceptors (Lipinski definition) is 3. The van der Waals surface area contributed by atoms with Crippen LogP contribution in [0.4, 0.5) is 5.69 Å². The molecule has 1 unspecified atom stereocenters. The quantitative estimate of drug-likeness (QED) is 0.842. The van der Waals surface area contributed by atoms with Crippen LogP contribution in [-0.4, -0.2) is 37.6 Å². The molecule has 0 aromatic heterocycles. The Hall–Kier alpha value is -1.55. The van der Waals surface area contributed by atoms with E-state index in [9.17, 15) is 4.79 Å². The van der Waals surface area contributed by atoms with Crippen LogP contribution in [0.5, 0.6) is 5.75 Å². The van der Waals surface area contributed by atoms with E-state index in [0.717, 1.165) is 17.9 Å². The molecule has 0 heterocycles. The van der Waals surface area contributed by atoms with Gasteiger partial charge in [-0.2, -0.15) is 0 Å². The van der Waals surface area contributed by atoms with E-state index < -0.39 is 0 Å². The maximum atomic E-state index is 11.5. The van der Waals surface area contributed by atoms with Crippen LogP contribution in [0.1, 0.15) is 20.3 Å². The summed E-state index contributed by atoms with van der Waals surface area (Å²) in [4.78, 5) is 13.4. The summed E-state index contributed by atoms with van der Waals surface area (Å²) >= 11 is 0. The minimum Gasteiger partial charge on any atom is -0.491 e. The van der Waals surface area contributed by atoms with Gasteiger partial charge in [0.15, 0.2) is 0 Å². The van der Waals surface area contributed by atoms with Gasteiger partial charge in [-0.3, -0.25) is 4.79 Å². The smallest absolute Gasteiger partial charge is 0.238 e. The first-order valence-corrected chi connectivity index (χ1v) is 6.22. The summed E-state index contributed by atoms with van der Waals surface area (Å²) in [5.41, 5.74) is 0.790. The molecule has 1 atom stereocenters. The van der Waals surface area contributed by atoms with Gasteiger partial charge in [0.05, 0.1) is 12.6 Å². The van der Waals surface area contributed by atoms with Gasteiger partial charge in [0.25, 0.3) is 0 Å². The summed E-state index contributed by atoms with van der Waals surface area (Å²) in [5.74, 6) is 0.811. The number of likely N-dealkylation sites (N-methyl/N-ethyl adjacent to an activating group) is 1. The summed E-state index contributed by atoms with van der Waals surface area (Å²) < 4.78 is 5.67. The van der Waals surface area contributed by atoms with Gasteiger partial charge < -0.3 is 15.0 Å². The summed E-state index contributed by atoms with van der Waals surface area (Å²) in [5, 5.41) is 2.83. The van der Waals surface area contributed by atoms with E-state index in [1.807, 2.05) is 50.2 Å². The third kappa shape index (κ3) is 5.19. The van der Waals surface area contributed by atoms with E-state index in [-0.39, 0.29) is 12.0 Å². The first kappa shape index (κ1) is 14.5. The largest absolute Gasteiger partial charge is 0.491 e. The number of ether oxygens (including phenoxy) is 1. The second-order valence-corrected chi connectivity index (χ2v) is 4.65. The Kier molecular flexibility index (Phi) is 5.65. The lowest BCUT2D eigenvalue weighted by molar-refractivity contribution is -0.116. The first-order valence-electron chi connectivity index (χ1n) is 6.22. The SMILES string of the molecule is CCC(C)Oc1ccc(NC(=O)CN(C)C)cc1. The van der Waals surface area contributed by atoms with Crippen molar-refractivity contribution >= 4 is 11.6 Å². The second-order valence-electron chi connectivity index (χ2n) is 4.65. The number of carbonyl (C=O) groups excluding carboxylic acids is 1. The number of benzene rings is 1. The van der Waals surface area contributed by atoms with E-state index in [4.69, 9.17) is 4.74 Å². The Morgan fingerprint density at radius 1 is 1.33 bits per heavy atom. The molecule has 4 nitrogen and oxygen atoms in total. The van der Waals surface area contributed by atoms with Gasteiger partial charge in [-0.25, -0.2) is 0 Å². The fourth-order valence-electron chi connectivity index (χ4n) is 1.42. The Morgan fingerprint density at radius 2 is 1.94 bits per heavy atom. The fourth-order valence-corrected chi connectivity index (χ4v) is 1.42. The maximum absolute atomic E-state index is 11.5. The highest BCUT2D eigenvalue weighted by Gasteiger charge is 2.04. The van der Waals surface area contributed by atoms with Crippen LogP contribution >= 0.6 is 0 Å². The molecule has 0 aliphatic carbocycles.